The Kier molecular flexibility index (Phi) is 6.34. The Morgan fingerprint density at radius 2 is 2.07 bits per heavy atom. The highest BCUT2D eigenvalue weighted by Gasteiger charge is 2.23. The first kappa shape index (κ1) is 19.9. The number of ether oxygens (including phenoxy) is 1. The Morgan fingerprint density at radius 3 is 2.75 bits per heavy atom. The molecule has 0 atom stereocenters. The van der Waals surface area contributed by atoms with E-state index in [1.165, 1.54) is 18.3 Å². The Bertz CT molecular complexity index is 920. The van der Waals surface area contributed by atoms with Crippen LogP contribution in [0.4, 0.5) is 17.1 Å². The number of nitro benzene ring substituents is 1. The van der Waals surface area contributed by atoms with Crippen LogP contribution in [0.25, 0.3) is 0 Å². The first-order chi connectivity index (χ1) is 13.5. The molecular weight excluding hydrogens is 406 g/mol. The molecule has 3 rings (SSSR count). The van der Waals surface area contributed by atoms with Crippen LogP contribution in [0.1, 0.15) is 10.4 Å². The van der Waals surface area contributed by atoms with E-state index >= 15 is 0 Å². The number of halogens is 1. The fourth-order valence-electron chi connectivity index (χ4n) is 2.69. The molecule has 0 spiro atoms. The van der Waals surface area contributed by atoms with E-state index in [-0.39, 0.29) is 21.5 Å². The Balaban J connectivity index is 1.74. The van der Waals surface area contributed by atoms with Crippen molar-refractivity contribution in [3.8, 4) is 0 Å². The van der Waals surface area contributed by atoms with E-state index < -0.39 is 10.8 Å². The van der Waals surface area contributed by atoms with E-state index in [1.807, 2.05) is 4.90 Å². The summed E-state index contributed by atoms with van der Waals surface area (Å²) in [6, 6.07) is 7.63. The van der Waals surface area contributed by atoms with Gasteiger partial charge in [-0.3, -0.25) is 20.2 Å². The molecule has 146 valence electrons. The van der Waals surface area contributed by atoms with Gasteiger partial charge in [0.25, 0.3) is 11.6 Å². The third kappa shape index (κ3) is 4.71. The molecule has 0 radical (unpaired) electrons. The number of hydrogen-bond donors (Lipinski definition) is 2. The van der Waals surface area contributed by atoms with E-state index in [0.717, 1.165) is 0 Å². The third-order valence-electron chi connectivity index (χ3n) is 4.02. The highest BCUT2D eigenvalue weighted by molar-refractivity contribution is 7.80. The number of nitrogens with zero attached hydrogens (tertiary/aromatic N) is 3. The van der Waals surface area contributed by atoms with E-state index in [4.69, 9.17) is 28.6 Å². The third-order valence-corrected chi connectivity index (χ3v) is 4.53. The van der Waals surface area contributed by atoms with Gasteiger partial charge in [-0.15, -0.1) is 0 Å². The van der Waals surface area contributed by atoms with Crippen LogP contribution in [-0.4, -0.2) is 47.2 Å². The molecule has 1 aliphatic rings. The summed E-state index contributed by atoms with van der Waals surface area (Å²) in [5, 5.41) is 16.9. The highest BCUT2D eigenvalue weighted by atomic mass is 35.5. The first-order valence-corrected chi connectivity index (χ1v) is 9.08. The number of thiocarbonyl (C=S) groups is 1. The molecule has 1 amide bonds. The van der Waals surface area contributed by atoms with Gasteiger partial charge in [0.05, 0.1) is 23.8 Å². The lowest BCUT2D eigenvalue weighted by Crippen LogP contribution is -2.37. The monoisotopic (exact) mass is 421 g/mol. The molecule has 2 N–H and O–H groups in total. The summed E-state index contributed by atoms with van der Waals surface area (Å²) in [6.45, 7) is 2.09. The zero-order chi connectivity index (χ0) is 20.1. The van der Waals surface area contributed by atoms with Gasteiger partial charge in [-0.05, 0) is 36.5 Å². The number of nitrogens with one attached hydrogen (secondary N) is 2. The maximum absolute atomic E-state index is 12.4. The van der Waals surface area contributed by atoms with Crippen molar-refractivity contribution >= 4 is 51.9 Å². The SMILES string of the molecule is O=C(NC(=S)Nc1cccnc1Cl)c1ccc(N2CCOCC2)c([N+](=O)[O-])c1. The van der Waals surface area contributed by atoms with Crippen molar-refractivity contribution in [1.29, 1.82) is 0 Å². The molecule has 2 heterocycles. The number of rotatable bonds is 4. The number of morpholine rings is 1. The average Bonchev–Trinajstić information content (AvgIpc) is 2.70. The summed E-state index contributed by atoms with van der Waals surface area (Å²) in [5.41, 5.74) is 0.852. The number of nitro groups is 1. The average molecular weight is 422 g/mol. The number of aromatic nitrogens is 1. The molecule has 1 aliphatic heterocycles. The second-order valence-electron chi connectivity index (χ2n) is 5.81. The van der Waals surface area contributed by atoms with E-state index in [2.05, 4.69) is 15.6 Å². The topological polar surface area (TPSA) is 110 Å². The van der Waals surface area contributed by atoms with Crippen molar-refractivity contribution in [3.05, 3.63) is 57.4 Å². The second kappa shape index (κ2) is 8.91. The molecule has 1 saturated heterocycles. The molecule has 11 heteroatoms. The van der Waals surface area contributed by atoms with Gasteiger partial charge in [-0.25, -0.2) is 4.98 Å². The molecular formula is C17H16ClN5O4S. The van der Waals surface area contributed by atoms with Gasteiger partial charge in [0, 0.05) is 30.9 Å². The van der Waals surface area contributed by atoms with Crippen LogP contribution in [0.3, 0.4) is 0 Å². The van der Waals surface area contributed by atoms with Crippen molar-refractivity contribution in [2.24, 2.45) is 0 Å². The zero-order valence-electron chi connectivity index (χ0n) is 14.6. The van der Waals surface area contributed by atoms with Gasteiger partial charge >= 0.3 is 0 Å². The van der Waals surface area contributed by atoms with Gasteiger partial charge in [0.15, 0.2) is 10.3 Å². The molecule has 1 aromatic heterocycles. The van der Waals surface area contributed by atoms with Crippen LogP contribution in [0.5, 0.6) is 0 Å². The van der Waals surface area contributed by atoms with Crippen molar-refractivity contribution < 1.29 is 14.5 Å². The Morgan fingerprint density at radius 1 is 1.32 bits per heavy atom. The van der Waals surface area contributed by atoms with Gasteiger partial charge in [-0.2, -0.15) is 0 Å². The van der Waals surface area contributed by atoms with Crippen LogP contribution in [0.2, 0.25) is 5.15 Å². The van der Waals surface area contributed by atoms with Gasteiger partial charge < -0.3 is 15.0 Å². The quantitative estimate of drug-likeness (QED) is 0.335. The van der Waals surface area contributed by atoms with Gasteiger partial charge in [0.2, 0.25) is 0 Å². The fourth-order valence-corrected chi connectivity index (χ4v) is 3.06. The molecule has 0 aliphatic carbocycles. The van der Waals surface area contributed by atoms with Crippen molar-refractivity contribution in [1.82, 2.24) is 10.3 Å². The fraction of sp³-hybridized carbons (Fsp3) is 0.235. The van der Waals surface area contributed by atoms with Crippen molar-refractivity contribution in [2.45, 2.75) is 0 Å². The standard InChI is InChI=1S/C17H16ClN5O4S/c18-15-12(2-1-5-19-15)20-17(28)21-16(24)11-3-4-13(14(10-11)23(25)26)22-6-8-27-9-7-22/h1-5,10H,6-9H2,(H2,20,21,24,28). The minimum absolute atomic E-state index is 0.000177. The summed E-state index contributed by atoms with van der Waals surface area (Å²) >= 11 is 11.0. The lowest BCUT2D eigenvalue weighted by molar-refractivity contribution is -0.384. The van der Waals surface area contributed by atoms with Crippen molar-refractivity contribution in [2.75, 3.05) is 36.5 Å². The van der Waals surface area contributed by atoms with Crippen molar-refractivity contribution in [3.63, 3.8) is 0 Å². The summed E-state index contributed by atoms with van der Waals surface area (Å²) in [4.78, 5) is 29.2. The molecule has 1 aromatic carbocycles. The molecule has 0 bridgehead atoms. The molecule has 9 nitrogen and oxygen atoms in total. The van der Waals surface area contributed by atoms with Crippen LogP contribution in [0.15, 0.2) is 36.5 Å². The molecule has 0 unspecified atom stereocenters. The number of amides is 1. The summed E-state index contributed by atoms with van der Waals surface area (Å²) < 4.78 is 5.27. The van der Waals surface area contributed by atoms with Crippen LogP contribution >= 0.6 is 23.8 Å². The second-order valence-corrected chi connectivity index (χ2v) is 6.58. The lowest BCUT2D eigenvalue weighted by atomic mass is 10.1. The van der Waals surface area contributed by atoms with E-state index in [9.17, 15) is 14.9 Å². The number of anilines is 2. The number of hydrogen-bond acceptors (Lipinski definition) is 7. The van der Waals surface area contributed by atoms with E-state index in [1.54, 1.807) is 18.2 Å². The predicted octanol–water partition coefficient (Wildman–Crippen LogP) is 2.61. The van der Waals surface area contributed by atoms with Crippen LogP contribution in [-0.2, 0) is 4.74 Å². The normalized spacial score (nSPS) is 13.7. The largest absolute Gasteiger partial charge is 0.378 e. The highest BCUT2D eigenvalue weighted by Crippen LogP contribution is 2.30. The molecule has 1 fully saturated rings. The minimum Gasteiger partial charge on any atom is -0.378 e. The minimum atomic E-state index is -0.575. The summed E-state index contributed by atoms with van der Waals surface area (Å²) in [5.74, 6) is -0.575. The zero-order valence-corrected chi connectivity index (χ0v) is 16.1. The van der Waals surface area contributed by atoms with Crippen LogP contribution in [0, 0.1) is 10.1 Å². The maximum Gasteiger partial charge on any atom is 0.293 e. The summed E-state index contributed by atoms with van der Waals surface area (Å²) in [6.07, 6.45) is 1.52. The Labute approximate surface area is 170 Å². The number of benzene rings is 1. The Hall–Kier alpha value is -2.82. The summed E-state index contributed by atoms with van der Waals surface area (Å²) in [7, 11) is 0. The first-order valence-electron chi connectivity index (χ1n) is 8.29. The molecule has 28 heavy (non-hydrogen) atoms. The number of pyridine rings is 1. The molecule has 0 saturated carbocycles. The van der Waals surface area contributed by atoms with Gasteiger partial charge in [-0.1, -0.05) is 11.6 Å². The van der Waals surface area contributed by atoms with Gasteiger partial charge in [0.1, 0.15) is 5.69 Å². The number of carbonyl (C=O) groups is 1. The lowest BCUT2D eigenvalue weighted by Gasteiger charge is -2.28. The van der Waals surface area contributed by atoms with E-state index in [0.29, 0.717) is 37.7 Å². The van der Waals surface area contributed by atoms with Crippen LogP contribution < -0.4 is 15.5 Å². The predicted molar refractivity (Wildman–Crippen MR) is 109 cm³/mol. The molecule has 2 aromatic rings. The number of carbonyl (C=O) groups excluding carboxylic acids is 1. The smallest absolute Gasteiger partial charge is 0.293 e. The maximum atomic E-state index is 12.4.